The molecule has 0 aliphatic carbocycles. The number of carbonyl (C=O) groups is 2. The van der Waals surface area contributed by atoms with Crippen LogP contribution in [0.1, 0.15) is 46.5 Å². The van der Waals surface area contributed by atoms with Crippen molar-refractivity contribution in [1.29, 1.82) is 0 Å². The van der Waals surface area contributed by atoms with Gasteiger partial charge in [-0.3, -0.25) is 9.59 Å². The molecule has 0 aliphatic rings. The Balaban J connectivity index is 4.37. The molecule has 0 spiro atoms. The zero-order valence-electron chi connectivity index (χ0n) is 12.5. The van der Waals surface area contributed by atoms with Gasteiger partial charge in [-0.2, -0.15) is 0 Å². The average Bonchev–Trinajstić information content (AvgIpc) is 2.33. The highest BCUT2D eigenvalue weighted by atomic mass is 16.4. The molecule has 1 unspecified atom stereocenters. The van der Waals surface area contributed by atoms with Crippen molar-refractivity contribution >= 4 is 11.9 Å². The van der Waals surface area contributed by atoms with Gasteiger partial charge in [0.1, 0.15) is 0 Å². The van der Waals surface area contributed by atoms with Crippen LogP contribution in [0.4, 0.5) is 0 Å². The Morgan fingerprint density at radius 2 is 1.79 bits per heavy atom. The monoisotopic (exact) mass is 273 g/mol. The van der Waals surface area contributed by atoms with Crippen LogP contribution in [0.3, 0.4) is 0 Å². The third-order valence-electron chi connectivity index (χ3n) is 3.86. The summed E-state index contributed by atoms with van der Waals surface area (Å²) < 4.78 is 0. The SMILES string of the molecule is CC(C)C(C)(CC(=O)N(C)CCCCCO)C(=O)O. The third-order valence-corrected chi connectivity index (χ3v) is 3.86. The topological polar surface area (TPSA) is 77.8 Å². The van der Waals surface area contributed by atoms with E-state index in [4.69, 9.17) is 5.11 Å². The molecular formula is C14H27NO4. The third kappa shape index (κ3) is 5.59. The van der Waals surface area contributed by atoms with Crippen molar-refractivity contribution in [2.75, 3.05) is 20.2 Å². The van der Waals surface area contributed by atoms with Crippen molar-refractivity contribution in [3.63, 3.8) is 0 Å². The van der Waals surface area contributed by atoms with E-state index < -0.39 is 11.4 Å². The van der Waals surface area contributed by atoms with Crippen LogP contribution in [-0.4, -0.2) is 47.2 Å². The van der Waals surface area contributed by atoms with Crippen LogP contribution in [-0.2, 0) is 9.59 Å². The number of aliphatic carboxylic acids is 1. The summed E-state index contributed by atoms with van der Waals surface area (Å²) in [7, 11) is 1.70. The maximum atomic E-state index is 12.0. The largest absolute Gasteiger partial charge is 0.481 e. The van der Waals surface area contributed by atoms with Crippen LogP contribution in [0, 0.1) is 11.3 Å². The summed E-state index contributed by atoms with van der Waals surface area (Å²) in [6.45, 7) is 6.04. The highest BCUT2D eigenvalue weighted by Crippen LogP contribution is 2.31. The van der Waals surface area contributed by atoms with E-state index in [2.05, 4.69) is 0 Å². The predicted octanol–water partition coefficient (Wildman–Crippen LogP) is 1.74. The highest BCUT2D eigenvalue weighted by Gasteiger charge is 2.39. The minimum absolute atomic E-state index is 0.0243. The van der Waals surface area contributed by atoms with Crippen LogP contribution in [0.5, 0.6) is 0 Å². The minimum atomic E-state index is -1.02. The molecule has 1 amide bonds. The predicted molar refractivity (Wildman–Crippen MR) is 73.8 cm³/mol. The second-order valence-corrected chi connectivity index (χ2v) is 5.65. The van der Waals surface area contributed by atoms with Gasteiger partial charge in [0.2, 0.25) is 5.91 Å². The van der Waals surface area contributed by atoms with E-state index in [0.29, 0.717) is 6.54 Å². The number of amides is 1. The Bertz CT molecular complexity index is 304. The van der Waals surface area contributed by atoms with Gasteiger partial charge in [-0.15, -0.1) is 0 Å². The standard InChI is InChI=1S/C14H27NO4/c1-11(2)14(3,13(18)19)10-12(17)15(4)8-6-5-7-9-16/h11,16H,5-10H2,1-4H3,(H,18,19). The van der Waals surface area contributed by atoms with E-state index in [1.54, 1.807) is 18.9 Å². The Morgan fingerprint density at radius 3 is 2.21 bits per heavy atom. The molecule has 2 N–H and O–H groups in total. The van der Waals surface area contributed by atoms with E-state index in [-0.39, 0.29) is 24.9 Å². The first-order valence-electron chi connectivity index (χ1n) is 6.84. The molecule has 0 aromatic carbocycles. The fourth-order valence-electron chi connectivity index (χ4n) is 1.74. The Hall–Kier alpha value is -1.10. The van der Waals surface area contributed by atoms with Gasteiger partial charge in [0.05, 0.1) is 5.41 Å². The van der Waals surface area contributed by atoms with Crippen LogP contribution >= 0.6 is 0 Å². The Labute approximate surface area is 115 Å². The van der Waals surface area contributed by atoms with E-state index in [9.17, 15) is 14.7 Å². The molecule has 0 radical (unpaired) electrons. The number of unbranched alkanes of at least 4 members (excludes halogenated alkanes) is 2. The van der Waals surface area contributed by atoms with Crippen LogP contribution in [0.15, 0.2) is 0 Å². The molecule has 0 bridgehead atoms. The zero-order valence-corrected chi connectivity index (χ0v) is 12.5. The molecule has 1 atom stereocenters. The number of hydrogen-bond donors (Lipinski definition) is 2. The Kier molecular flexibility index (Phi) is 7.68. The molecule has 0 saturated heterocycles. The fraction of sp³-hybridized carbons (Fsp3) is 0.857. The van der Waals surface area contributed by atoms with E-state index in [1.165, 1.54) is 0 Å². The normalized spacial score (nSPS) is 14.2. The molecule has 0 aromatic heterocycles. The summed E-state index contributed by atoms with van der Waals surface area (Å²) >= 11 is 0. The van der Waals surface area contributed by atoms with Crippen molar-refractivity contribution in [2.45, 2.75) is 46.5 Å². The minimum Gasteiger partial charge on any atom is -0.481 e. The van der Waals surface area contributed by atoms with E-state index in [0.717, 1.165) is 19.3 Å². The van der Waals surface area contributed by atoms with Crippen LogP contribution in [0.2, 0.25) is 0 Å². The molecule has 0 rings (SSSR count). The van der Waals surface area contributed by atoms with Crippen molar-refractivity contribution in [3.8, 4) is 0 Å². The first kappa shape index (κ1) is 17.9. The van der Waals surface area contributed by atoms with Crippen LogP contribution < -0.4 is 0 Å². The lowest BCUT2D eigenvalue weighted by Crippen LogP contribution is -2.40. The summed E-state index contributed by atoms with van der Waals surface area (Å²) in [6.07, 6.45) is 2.46. The lowest BCUT2D eigenvalue weighted by molar-refractivity contribution is -0.155. The quantitative estimate of drug-likeness (QED) is 0.627. The number of rotatable bonds is 9. The van der Waals surface area contributed by atoms with Gasteiger partial charge in [0.15, 0.2) is 0 Å². The maximum Gasteiger partial charge on any atom is 0.310 e. The first-order valence-corrected chi connectivity index (χ1v) is 6.84. The molecule has 0 aliphatic heterocycles. The number of carboxylic acids is 1. The molecule has 19 heavy (non-hydrogen) atoms. The van der Waals surface area contributed by atoms with Crippen molar-refractivity contribution in [3.05, 3.63) is 0 Å². The van der Waals surface area contributed by atoms with Crippen LogP contribution in [0.25, 0.3) is 0 Å². The average molecular weight is 273 g/mol. The van der Waals surface area contributed by atoms with Gasteiger partial charge in [-0.25, -0.2) is 0 Å². The smallest absolute Gasteiger partial charge is 0.310 e. The van der Waals surface area contributed by atoms with Gasteiger partial charge >= 0.3 is 5.97 Å². The second-order valence-electron chi connectivity index (χ2n) is 5.65. The molecule has 5 heteroatoms. The lowest BCUT2D eigenvalue weighted by atomic mass is 9.76. The number of aliphatic hydroxyl groups is 1. The highest BCUT2D eigenvalue weighted by molar-refractivity contribution is 5.84. The zero-order chi connectivity index (χ0) is 15.1. The first-order chi connectivity index (χ1) is 8.75. The van der Waals surface area contributed by atoms with E-state index >= 15 is 0 Å². The number of nitrogens with zero attached hydrogens (tertiary/aromatic N) is 1. The Morgan fingerprint density at radius 1 is 1.21 bits per heavy atom. The van der Waals surface area contributed by atoms with E-state index in [1.807, 2.05) is 13.8 Å². The van der Waals surface area contributed by atoms with Gasteiger partial charge in [-0.1, -0.05) is 13.8 Å². The number of aliphatic hydroxyl groups excluding tert-OH is 1. The fourth-order valence-corrected chi connectivity index (χ4v) is 1.74. The molecule has 0 heterocycles. The summed E-state index contributed by atoms with van der Waals surface area (Å²) in [5, 5.41) is 18.0. The summed E-state index contributed by atoms with van der Waals surface area (Å²) in [6, 6.07) is 0. The lowest BCUT2D eigenvalue weighted by Gasteiger charge is -2.30. The van der Waals surface area contributed by atoms with Gasteiger partial charge in [0.25, 0.3) is 0 Å². The number of carbonyl (C=O) groups excluding carboxylic acids is 1. The van der Waals surface area contributed by atoms with Crippen molar-refractivity contribution in [2.24, 2.45) is 11.3 Å². The molecule has 5 nitrogen and oxygen atoms in total. The number of carboxylic acid groups (broad SMARTS) is 1. The van der Waals surface area contributed by atoms with Crippen molar-refractivity contribution < 1.29 is 19.8 Å². The molecule has 112 valence electrons. The summed E-state index contributed by atoms with van der Waals surface area (Å²) in [5.74, 6) is -1.16. The molecule has 0 fully saturated rings. The molecular weight excluding hydrogens is 246 g/mol. The molecule has 0 aromatic rings. The van der Waals surface area contributed by atoms with Gasteiger partial charge < -0.3 is 15.1 Å². The van der Waals surface area contributed by atoms with Crippen molar-refractivity contribution in [1.82, 2.24) is 4.90 Å². The molecule has 0 saturated carbocycles. The maximum absolute atomic E-state index is 12.0. The van der Waals surface area contributed by atoms with Gasteiger partial charge in [0, 0.05) is 26.6 Å². The second kappa shape index (κ2) is 8.15. The summed E-state index contributed by atoms with van der Waals surface area (Å²) in [5.41, 5.74) is -1.02. The number of hydrogen-bond acceptors (Lipinski definition) is 3. The van der Waals surface area contributed by atoms with Gasteiger partial charge in [-0.05, 0) is 32.1 Å². The summed E-state index contributed by atoms with van der Waals surface area (Å²) in [4.78, 5) is 25.0.